The summed E-state index contributed by atoms with van der Waals surface area (Å²) in [6.45, 7) is 6.71. The summed E-state index contributed by atoms with van der Waals surface area (Å²) in [6.07, 6.45) is 4.65. The molecule has 11 nitrogen and oxygen atoms in total. The highest BCUT2D eigenvalue weighted by atomic mass is 16.5. The Morgan fingerprint density at radius 2 is 1.82 bits per heavy atom. The third kappa shape index (κ3) is 6.77. The van der Waals surface area contributed by atoms with Gasteiger partial charge in [-0.25, -0.2) is 9.78 Å². The van der Waals surface area contributed by atoms with E-state index in [1.807, 2.05) is 48.5 Å². The topological polar surface area (TPSA) is 136 Å². The summed E-state index contributed by atoms with van der Waals surface area (Å²) in [5.74, 6) is 0.593. The number of rotatable bonds is 11. The smallest absolute Gasteiger partial charge is 0.328 e. The largest absolute Gasteiger partial charge is 0.464 e. The van der Waals surface area contributed by atoms with E-state index in [0.717, 1.165) is 47.9 Å². The summed E-state index contributed by atoms with van der Waals surface area (Å²) in [7, 11) is 0. The van der Waals surface area contributed by atoms with Gasteiger partial charge in [0.2, 0.25) is 11.7 Å². The number of H-pyrrole nitrogens is 1. The fourth-order valence-electron chi connectivity index (χ4n) is 5.79. The van der Waals surface area contributed by atoms with Crippen molar-refractivity contribution in [2.24, 2.45) is 0 Å². The van der Waals surface area contributed by atoms with Crippen molar-refractivity contribution in [1.29, 1.82) is 0 Å². The van der Waals surface area contributed by atoms with E-state index in [1.165, 1.54) is 0 Å². The lowest BCUT2D eigenvalue weighted by Crippen LogP contribution is -2.49. The predicted molar refractivity (Wildman–Crippen MR) is 166 cm³/mol. The summed E-state index contributed by atoms with van der Waals surface area (Å²) in [4.78, 5) is 46.6. The number of esters is 1. The molecule has 2 aromatic heterocycles. The Balaban J connectivity index is 1.43. The molecular weight excluding hydrogens is 558 g/mol. The van der Waals surface area contributed by atoms with E-state index in [0.29, 0.717) is 48.8 Å². The van der Waals surface area contributed by atoms with E-state index in [4.69, 9.17) is 9.72 Å². The molecule has 1 saturated heterocycles. The van der Waals surface area contributed by atoms with Crippen molar-refractivity contribution < 1.29 is 14.3 Å². The van der Waals surface area contributed by atoms with Gasteiger partial charge in [-0.15, -0.1) is 10.2 Å². The highest BCUT2D eigenvalue weighted by Gasteiger charge is 2.33. The Morgan fingerprint density at radius 3 is 2.52 bits per heavy atom. The molecule has 44 heavy (non-hydrogen) atoms. The number of tetrazole rings is 1. The molecule has 0 spiro atoms. The normalized spacial score (nSPS) is 14.9. The highest BCUT2D eigenvalue weighted by molar-refractivity contribution is 5.86. The SMILES string of the molecule is CCCCc1nc(C)c(CC(=O)N2CCCCC2C(=O)OCC)c(=O)n1Cc1ccc(-c2ccccc2-c2nn[nH]n2)cc1. The van der Waals surface area contributed by atoms with E-state index in [9.17, 15) is 14.4 Å². The number of aromatic nitrogens is 6. The summed E-state index contributed by atoms with van der Waals surface area (Å²) in [6, 6.07) is 15.3. The van der Waals surface area contributed by atoms with E-state index in [-0.39, 0.29) is 30.5 Å². The average Bonchev–Trinajstić information content (AvgIpc) is 3.59. The molecule has 0 radical (unpaired) electrons. The van der Waals surface area contributed by atoms with Crippen LogP contribution in [0.3, 0.4) is 0 Å². The number of aromatic amines is 1. The fraction of sp³-hybridized carbons (Fsp3) is 0.424. The molecule has 1 fully saturated rings. The maximum absolute atomic E-state index is 14.0. The first kappa shape index (κ1) is 30.8. The van der Waals surface area contributed by atoms with Gasteiger partial charge in [0.1, 0.15) is 11.9 Å². The Labute approximate surface area is 256 Å². The second kappa shape index (κ2) is 14.2. The van der Waals surface area contributed by atoms with Crippen molar-refractivity contribution in [2.45, 2.75) is 78.3 Å². The van der Waals surface area contributed by atoms with Gasteiger partial charge < -0.3 is 9.64 Å². The van der Waals surface area contributed by atoms with Gasteiger partial charge in [-0.1, -0.05) is 61.9 Å². The third-order valence-electron chi connectivity index (χ3n) is 8.13. The van der Waals surface area contributed by atoms with Crippen LogP contribution in [0.4, 0.5) is 0 Å². The van der Waals surface area contributed by atoms with E-state index >= 15 is 0 Å². The Hall–Kier alpha value is -4.67. The van der Waals surface area contributed by atoms with Gasteiger partial charge in [-0.2, -0.15) is 5.21 Å². The third-order valence-corrected chi connectivity index (χ3v) is 8.13. The van der Waals surface area contributed by atoms with Crippen LogP contribution in [0, 0.1) is 6.92 Å². The van der Waals surface area contributed by atoms with E-state index < -0.39 is 6.04 Å². The number of hydrogen-bond acceptors (Lipinski definition) is 8. The number of amides is 1. The van der Waals surface area contributed by atoms with Crippen LogP contribution in [-0.2, 0) is 33.7 Å². The van der Waals surface area contributed by atoms with Crippen LogP contribution < -0.4 is 5.56 Å². The number of piperidine rings is 1. The van der Waals surface area contributed by atoms with E-state index in [2.05, 4.69) is 27.5 Å². The lowest BCUT2D eigenvalue weighted by molar-refractivity contribution is -0.156. The van der Waals surface area contributed by atoms with Crippen molar-refractivity contribution in [1.82, 2.24) is 35.1 Å². The van der Waals surface area contributed by atoms with Gasteiger partial charge in [0.05, 0.1) is 19.6 Å². The second-order valence-electron chi connectivity index (χ2n) is 11.1. The van der Waals surface area contributed by atoms with Crippen molar-refractivity contribution in [3.8, 4) is 22.5 Å². The zero-order chi connectivity index (χ0) is 31.1. The van der Waals surface area contributed by atoms with Gasteiger partial charge in [0, 0.05) is 29.8 Å². The molecule has 0 saturated carbocycles. The number of ether oxygens (including phenoxy) is 1. The maximum atomic E-state index is 14.0. The van der Waals surface area contributed by atoms with Crippen molar-refractivity contribution in [2.75, 3.05) is 13.2 Å². The first-order chi connectivity index (χ1) is 21.4. The molecule has 2 aromatic carbocycles. The summed E-state index contributed by atoms with van der Waals surface area (Å²) < 4.78 is 6.94. The lowest BCUT2D eigenvalue weighted by Gasteiger charge is -2.34. The Morgan fingerprint density at radius 1 is 1.05 bits per heavy atom. The maximum Gasteiger partial charge on any atom is 0.328 e. The molecule has 1 N–H and O–H groups in total. The minimum Gasteiger partial charge on any atom is -0.464 e. The first-order valence-corrected chi connectivity index (χ1v) is 15.4. The minimum absolute atomic E-state index is 0.104. The molecule has 1 unspecified atom stereocenters. The van der Waals surface area contributed by atoms with Gasteiger partial charge in [0.15, 0.2) is 0 Å². The van der Waals surface area contributed by atoms with Crippen molar-refractivity contribution in [3.05, 3.63) is 81.5 Å². The Kier molecular flexibility index (Phi) is 9.93. The lowest BCUT2D eigenvalue weighted by atomic mass is 9.98. The van der Waals surface area contributed by atoms with Crippen LogP contribution in [0.2, 0.25) is 0 Å². The molecule has 1 amide bonds. The molecular formula is C33H39N7O4. The molecule has 1 aliphatic heterocycles. The molecule has 0 aliphatic carbocycles. The molecule has 0 bridgehead atoms. The zero-order valence-corrected chi connectivity index (χ0v) is 25.6. The quantitative estimate of drug-likeness (QED) is 0.253. The van der Waals surface area contributed by atoms with Crippen LogP contribution in [0.5, 0.6) is 0 Å². The zero-order valence-electron chi connectivity index (χ0n) is 25.6. The van der Waals surface area contributed by atoms with Gasteiger partial charge >= 0.3 is 5.97 Å². The molecule has 1 aliphatic rings. The fourth-order valence-corrected chi connectivity index (χ4v) is 5.79. The van der Waals surface area contributed by atoms with Gasteiger partial charge in [0.25, 0.3) is 5.56 Å². The van der Waals surface area contributed by atoms with Crippen LogP contribution >= 0.6 is 0 Å². The average molecular weight is 598 g/mol. The number of aryl methyl sites for hydroxylation is 2. The van der Waals surface area contributed by atoms with Crippen molar-refractivity contribution >= 4 is 11.9 Å². The number of likely N-dealkylation sites (tertiary alicyclic amines) is 1. The number of unbranched alkanes of at least 4 members (excludes halogenated alkanes) is 1. The standard InChI is InChI=1S/C33H39N7O4/c1-4-6-14-29-34-22(3)27(20-30(41)39-19-10-9-13-28(39)33(43)44-5-2)32(42)40(29)21-23-15-17-24(18-16-23)25-11-7-8-12-26(25)31-35-37-38-36-31/h7-8,11-12,15-18,28H,4-6,9-10,13-14,19-21H2,1-3H3,(H,35,36,37,38). The summed E-state index contributed by atoms with van der Waals surface area (Å²) in [5.41, 5.74) is 4.47. The van der Waals surface area contributed by atoms with Gasteiger partial charge in [-0.05, 0) is 61.4 Å². The molecule has 1 atom stereocenters. The van der Waals surface area contributed by atoms with E-state index in [1.54, 1.807) is 23.3 Å². The monoisotopic (exact) mass is 597 g/mol. The van der Waals surface area contributed by atoms with Crippen LogP contribution in [-0.4, -0.2) is 66.1 Å². The molecule has 5 rings (SSSR count). The number of nitrogens with zero attached hydrogens (tertiary/aromatic N) is 6. The van der Waals surface area contributed by atoms with Gasteiger partial charge in [-0.3, -0.25) is 14.2 Å². The minimum atomic E-state index is -0.612. The molecule has 4 aromatic rings. The second-order valence-corrected chi connectivity index (χ2v) is 11.1. The molecule has 3 heterocycles. The highest BCUT2D eigenvalue weighted by Crippen LogP contribution is 2.30. The first-order valence-electron chi connectivity index (χ1n) is 15.4. The number of carbonyl (C=O) groups excluding carboxylic acids is 2. The predicted octanol–water partition coefficient (Wildman–Crippen LogP) is 4.28. The van der Waals surface area contributed by atoms with Crippen molar-refractivity contribution in [3.63, 3.8) is 0 Å². The van der Waals surface area contributed by atoms with Crippen LogP contribution in [0.1, 0.15) is 68.6 Å². The number of nitrogens with one attached hydrogen (secondary N) is 1. The van der Waals surface area contributed by atoms with Crippen LogP contribution in [0.25, 0.3) is 22.5 Å². The molecule has 230 valence electrons. The summed E-state index contributed by atoms with van der Waals surface area (Å²) >= 11 is 0. The van der Waals surface area contributed by atoms with Crippen LogP contribution in [0.15, 0.2) is 53.3 Å². The molecule has 11 heteroatoms. The summed E-state index contributed by atoms with van der Waals surface area (Å²) in [5, 5.41) is 14.5. The number of hydrogen-bond donors (Lipinski definition) is 1. The number of carbonyl (C=O) groups is 2. The Bertz CT molecular complexity index is 1650. The number of benzene rings is 2.